The van der Waals surface area contributed by atoms with Crippen LogP contribution in [-0.4, -0.2) is 15.2 Å². The van der Waals surface area contributed by atoms with Gasteiger partial charge in [0.05, 0.1) is 5.56 Å². The van der Waals surface area contributed by atoms with E-state index in [0.29, 0.717) is 11.7 Å². The first-order valence-electron chi connectivity index (χ1n) is 6.06. The van der Waals surface area contributed by atoms with E-state index in [4.69, 9.17) is 4.52 Å². The Labute approximate surface area is 103 Å². The minimum atomic E-state index is -0.441. The largest absolute Gasteiger partial charge is 0.507 e. The fourth-order valence-electron chi connectivity index (χ4n) is 2.37. The van der Waals surface area contributed by atoms with Crippen LogP contribution in [0, 0.1) is 5.82 Å². The van der Waals surface area contributed by atoms with Crippen LogP contribution in [0.15, 0.2) is 22.7 Å². The lowest BCUT2D eigenvalue weighted by Gasteiger charge is -2.00. The molecule has 0 aliphatic heterocycles. The SMILES string of the molecule is Oc1ccc(F)cc1-c1nc(C2CCCC2)no1. The van der Waals surface area contributed by atoms with Gasteiger partial charge in [0.1, 0.15) is 11.6 Å². The molecule has 0 radical (unpaired) electrons. The molecule has 1 aromatic carbocycles. The minimum Gasteiger partial charge on any atom is -0.507 e. The lowest BCUT2D eigenvalue weighted by molar-refractivity contribution is 0.411. The summed E-state index contributed by atoms with van der Waals surface area (Å²) in [6, 6.07) is 3.67. The number of aromatic hydroxyl groups is 1. The third-order valence-electron chi connectivity index (χ3n) is 3.35. The van der Waals surface area contributed by atoms with Crippen LogP contribution in [0.4, 0.5) is 4.39 Å². The maximum absolute atomic E-state index is 13.1. The number of hydrogen-bond donors (Lipinski definition) is 1. The molecule has 94 valence electrons. The van der Waals surface area contributed by atoms with Gasteiger partial charge in [-0.3, -0.25) is 0 Å². The van der Waals surface area contributed by atoms with Gasteiger partial charge in [0.25, 0.3) is 5.89 Å². The summed E-state index contributed by atoms with van der Waals surface area (Å²) < 4.78 is 18.3. The summed E-state index contributed by atoms with van der Waals surface area (Å²) >= 11 is 0. The number of nitrogens with zero attached hydrogens (tertiary/aromatic N) is 2. The molecule has 2 aromatic rings. The second-order valence-corrected chi connectivity index (χ2v) is 4.60. The molecule has 1 aromatic heterocycles. The van der Waals surface area contributed by atoms with Gasteiger partial charge in [0.15, 0.2) is 5.82 Å². The topological polar surface area (TPSA) is 59.2 Å². The highest BCUT2D eigenvalue weighted by molar-refractivity contribution is 5.61. The molecule has 1 saturated carbocycles. The molecule has 4 nitrogen and oxygen atoms in total. The maximum atomic E-state index is 13.1. The smallest absolute Gasteiger partial charge is 0.261 e. The number of halogens is 1. The molecule has 3 rings (SSSR count). The first-order valence-corrected chi connectivity index (χ1v) is 6.06. The zero-order valence-electron chi connectivity index (χ0n) is 9.77. The minimum absolute atomic E-state index is 0.0574. The number of phenolic OH excluding ortho intramolecular Hbond substituents is 1. The van der Waals surface area contributed by atoms with E-state index in [9.17, 15) is 9.50 Å². The van der Waals surface area contributed by atoms with Crippen LogP contribution in [0.25, 0.3) is 11.5 Å². The lowest BCUT2D eigenvalue weighted by Crippen LogP contribution is -1.94. The second-order valence-electron chi connectivity index (χ2n) is 4.60. The van der Waals surface area contributed by atoms with Gasteiger partial charge in [-0.2, -0.15) is 4.98 Å². The van der Waals surface area contributed by atoms with Crippen LogP contribution in [0.3, 0.4) is 0 Å². The van der Waals surface area contributed by atoms with Crippen molar-refractivity contribution in [2.24, 2.45) is 0 Å². The van der Waals surface area contributed by atoms with Crippen LogP contribution in [-0.2, 0) is 0 Å². The number of hydrogen-bond acceptors (Lipinski definition) is 4. The van der Waals surface area contributed by atoms with Gasteiger partial charge in [-0.1, -0.05) is 18.0 Å². The molecule has 1 fully saturated rings. The van der Waals surface area contributed by atoms with Gasteiger partial charge in [0, 0.05) is 5.92 Å². The van der Waals surface area contributed by atoms with Crippen molar-refractivity contribution in [1.82, 2.24) is 10.1 Å². The molecule has 0 amide bonds. The molecule has 0 unspecified atom stereocenters. The number of aromatic nitrogens is 2. The maximum Gasteiger partial charge on any atom is 0.261 e. The zero-order valence-corrected chi connectivity index (χ0v) is 9.77. The van der Waals surface area contributed by atoms with Gasteiger partial charge in [-0.05, 0) is 31.0 Å². The summed E-state index contributed by atoms with van der Waals surface area (Å²) in [5.41, 5.74) is 0.242. The van der Waals surface area contributed by atoms with Crippen LogP contribution in [0.1, 0.15) is 37.4 Å². The van der Waals surface area contributed by atoms with Crippen LogP contribution in [0.5, 0.6) is 5.75 Å². The summed E-state index contributed by atoms with van der Waals surface area (Å²) in [4.78, 5) is 4.26. The van der Waals surface area contributed by atoms with Crippen molar-refractivity contribution in [1.29, 1.82) is 0 Å². The molecule has 1 aliphatic carbocycles. The van der Waals surface area contributed by atoms with Crippen molar-refractivity contribution in [3.05, 3.63) is 29.8 Å². The molecular weight excluding hydrogens is 235 g/mol. The van der Waals surface area contributed by atoms with E-state index in [0.717, 1.165) is 12.8 Å². The molecular formula is C13H13FN2O2. The van der Waals surface area contributed by atoms with E-state index in [-0.39, 0.29) is 17.2 Å². The summed E-state index contributed by atoms with van der Waals surface area (Å²) in [6.07, 6.45) is 4.49. The molecule has 1 heterocycles. The molecule has 5 heteroatoms. The predicted octanol–water partition coefficient (Wildman–Crippen LogP) is 3.24. The first kappa shape index (κ1) is 11.2. The van der Waals surface area contributed by atoms with E-state index >= 15 is 0 Å². The van der Waals surface area contributed by atoms with E-state index < -0.39 is 5.82 Å². The third-order valence-corrected chi connectivity index (χ3v) is 3.35. The molecule has 0 atom stereocenters. The number of benzene rings is 1. The fraction of sp³-hybridized carbons (Fsp3) is 0.385. The van der Waals surface area contributed by atoms with Gasteiger partial charge in [-0.25, -0.2) is 4.39 Å². The summed E-state index contributed by atoms with van der Waals surface area (Å²) in [5, 5.41) is 13.6. The Morgan fingerprint density at radius 1 is 1.28 bits per heavy atom. The molecule has 0 bridgehead atoms. The van der Waals surface area contributed by atoms with Crippen LogP contribution < -0.4 is 0 Å². The Morgan fingerprint density at radius 3 is 2.83 bits per heavy atom. The summed E-state index contributed by atoms with van der Waals surface area (Å²) in [5.74, 6) is 0.666. The number of rotatable bonds is 2. The predicted molar refractivity (Wildman–Crippen MR) is 62.6 cm³/mol. The third kappa shape index (κ3) is 1.96. The Balaban J connectivity index is 1.94. The molecule has 18 heavy (non-hydrogen) atoms. The average molecular weight is 248 g/mol. The first-order chi connectivity index (χ1) is 8.74. The fourth-order valence-corrected chi connectivity index (χ4v) is 2.37. The Bertz CT molecular complexity index is 562. The normalized spacial score (nSPS) is 16.3. The highest BCUT2D eigenvalue weighted by Gasteiger charge is 2.23. The van der Waals surface area contributed by atoms with Gasteiger partial charge in [0.2, 0.25) is 0 Å². The molecule has 0 saturated heterocycles. The highest BCUT2D eigenvalue weighted by atomic mass is 19.1. The standard InChI is InChI=1S/C13H13FN2O2/c14-9-5-6-11(17)10(7-9)13-15-12(16-18-13)8-3-1-2-4-8/h5-8,17H,1-4H2. The quantitative estimate of drug-likeness (QED) is 0.886. The van der Waals surface area contributed by atoms with E-state index in [1.807, 2.05) is 0 Å². The van der Waals surface area contributed by atoms with Gasteiger partial charge >= 0.3 is 0 Å². The van der Waals surface area contributed by atoms with Crippen molar-refractivity contribution in [2.75, 3.05) is 0 Å². The zero-order chi connectivity index (χ0) is 12.5. The number of phenols is 1. The van der Waals surface area contributed by atoms with E-state index in [2.05, 4.69) is 10.1 Å². The monoisotopic (exact) mass is 248 g/mol. The highest BCUT2D eigenvalue weighted by Crippen LogP contribution is 2.34. The van der Waals surface area contributed by atoms with Crippen LogP contribution >= 0.6 is 0 Å². The summed E-state index contributed by atoms with van der Waals surface area (Å²) in [6.45, 7) is 0. The van der Waals surface area contributed by atoms with Crippen molar-refractivity contribution in [3.63, 3.8) is 0 Å². The lowest BCUT2D eigenvalue weighted by atomic mass is 10.1. The second kappa shape index (κ2) is 4.40. The van der Waals surface area contributed by atoms with Crippen molar-refractivity contribution in [3.8, 4) is 17.2 Å². The van der Waals surface area contributed by atoms with Crippen molar-refractivity contribution >= 4 is 0 Å². The molecule has 1 N–H and O–H groups in total. The Hall–Kier alpha value is -1.91. The summed E-state index contributed by atoms with van der Waals surface area (Å²) in [7, 11) is 0. The van der Waals surface area contributed by atoms with Crippen LogP contribution in [0.2, 0.25) is 0 Å². The average Bonchev–Trinajstić information content (AvgIpc) is 3.00. The van der Waals surface area contributed by atoms with Crippen molar-refractivity contribution in [2.45, 2.75) is 31.6 Å². The van der Waals surface area contributed by atoms with E-state index in [1.54, 1.807) is 0 Å². The Kier molecular flexibility index (Phi) is 2.74. The molecule has 0 spiro atoms. The van der Waals surface area contributed by atoms with E-state index in [1.165, 1.54) is 31.0 Å². The van der Waals surface area contributed by atoms with Gasteiger partial charge in [-0.15, -0.1) is 0 Å². The van der Waals surface area contributed by atoms with Crippen molar-refractivity contribution < 1.29 is 14.0 Å². The Morgan fingerprint density at radius 2 is 2.06 bits per heavy atom. The van der Waals surface area contributed by atoms with Gasteiger partial charge < -0.3 is 9.63 Å². The molecule has 1 aliphatic rings.